The molecular weight excluding hydrogens is 248 g/mol. The maximum atomic E-state index is 10.8. The fraction of sp³-hybridized carbons (Fsp3) is 0.385. The highest BCUT2D eigenvalue weighted by atomic mass is 16.6. The van der Waals surface area contributed by atoms with Crippen LogP contribution in [0.3, 0.4) is 0 Å². The van der Waals surface area contributed by atoms with Crippen molar-refractivity contribution in [1.82, 2.24) is 5.32 Å². The van der Waals surface area contributed by atoms with Crippen LogP contribution < -0.4 is 20.5 Å². The fourth-order valence-electron chi connectivity index (χ4n) is 1.25. The van der Waals surface area contributed by atoms with Gasteiger partial charge in [0.25, 0.3) is 0 Å². The molecule has 0 aromatic heterocycles. The number of benzene rings is 1. The molecule has 0 aliphatic rings. The molecule has 0 saturated carbocycles. The lowest BCUT2D eigenvalue weighted by atomic mass is 10.2. The second kappa shape index (κ2) is 8.79. The van der Waals surface area contributed by atoms with Crippen LogP contribution >= 0.6 is 0 Å². The first-order chi connectivity index (χ1) is 9.02. The van der Waals surface area contributed by atoms with Crippen molar-refractivity contribution in [3.63, 3.8) is 0 Å². The van der Waals surface area contributed by atoms with Crippen molar-refractivity contribution in [1.29, 1.82) is 0 Å². The maximum Gasteiger partial charge on any atom is 0.312 e. The van der Waals surface area contributed by atoms with E-state index in [1.165, 1.54) is 14.0 Å². The Bertz CT molecular complexity index is 433. The summed E-state index contributed by atoms with van der Waals surface area (Å²) in [5.74, 6) is 0.332. The van der Waals surface area contributed by atoms with Gasteiger partial charge in [-0.25, -0.2) is 4.79 Å². The molecule has 0 heterocycles. The summed E-state index contributed by atoms with van der Waals surface area (Å²) in [6.07, 6.45) is 0. The van der Waals surface area contributed by atoms with Crippen molar-refractivity contribution in [3.05, 3.63) is 23.8 Å². The van der Waals surface area contributed by atoms with E-state index in [2.05, 4.69) is 5.32 Å². The third kappa shape index (κ3) is 6.30. The molecule has 0 radical (unpaired) electrons. The number of urea groups is 1. The molecule has 106 valence electrons. The Morgan fingerprint density at radius 1 is 1.26 bits per heavy atom. The summed E-state index contributed by atoms with van der Waals surface area (Å²) in [4.78, 5) is 21.4. The summed E-state index contributed by atoms with van der Waals surface area (Å²) in [5, 5.41) is 2.45. The molecule has 6 heteroatoms. The Labute approximate surface area is 112 Å². The monoisotopic (exact) mass is 268 g/mol. The first kappa shape index (κ1) is 16.8. The van der Waals surface area contributed by atoms with Crippen molar-refractivity contribution in [3.8, 4) is 11.5 Å². The van der Waals surface area contributed by atoms with Gasteiger partial charge in [-0.1, -0.05) is 19.9 Å². The number of methoxy groups -OCH3 is 1. The van der Waals surface area contributed by atoms with Crippen LogP contribution in [0.1, 0.15) is 26.3 Å². The Morgan fingerprint density at radius 2 is 1.89 bits per heavy atom. The van der Waals surface area contributed by atoms with E-state index in [1.54, 1.807) is 18.2 Å². The van der Waals surface area contributed by atoms with Gasteiger partial charge in [0, 0.05) is 13.5 Å². The molecule has 3 N–H and O–H groups in total. The van der Waals surface area contributed by atoms with Gasteiger partial charge < -0.3 is 20.5 Å². The minimum Gasteiger partial charge on any atom is -0.493 e. The van der Waals surface area contributed by atoms with E-state index in [9.17, 15) is 9.59 Å². The van der Waals surface area contributed by atoms with Crippen molar-refractivity contribution in [2.75, 3.05) is 7.11 Å². The van der Waals surface area contributed by atoms with Gasteiger partial charge in [0.2, 0.25) is 0 Å². The molecule has 0 spiro atoms. The molecule has 2 amide bonds. The van der Waals surface area contributed by atoms with Gasteiger partial charge in [0.15, 0.2) is 11.5 Å². The fourth-order valence-corrected chi connectivity index (χ4v) is 1.25. The molecule has 0 unspecified atom stereocenters. The molecule has 0 fully saturated rings. The normalized spacial score (nSPS) is 8.84. The molecular formula is C13H20N2O4. The highest BCUT2D eigenvalue weighted by Crippen LogP contribution is 2.28. The highest BCUT2D eigenvalue weighted by molar-refractivity contribution is 5.72. The number of primary amides is 1. The third-order valence-corrected chi connectivity index (χ3v) is 1.95. The van der Waals surface area contributed by atoms with Gasteiger partial charge in [-0.3, -0.25) is 4.79 Å². The predicted octanol–water partition coefficient (Wildman–Crippen LogP) is 1.81. The van der Waals surface area contributed by atoms with Gasteiger partial charge in [-0.2, -0.15) is 0 Å². The van der Waals surface area contributed by atoms with E-state index >= 15 is 0 Å². The molecule has 19 heavy (non-hydrogen) atoms. The SMILES string of the molecule is CC.COc1cc(CNC(N)=O)ccc1OC(C)=O. The van der Waals surface area contributed by atoms with Crippen LogP contribution in [-0.4, -0.2) is 19.1 Å². The molecule has 0 bridgehead atoms. The van der Waals surface area contributed by atoms with Crippen molar-refractivity contribution in [2.24, 2.45) is 5.73 Å². The molecule has 1 aromatic carbocycles. The van der Waals surface area contributed by atoms with E-state index in [0.717, 1.165) is 5.56 Å². The Hall–Kier alpha value is -2.24. The average molecular weight is 268 g/mol. The number of nitrogens with one attached hydrogen (secondary N) is 1. The van der Waals surface area contributed by atoms with E-state index in [0.29, 0.717) is 11.5 Å². The maximum absolute atomic E-state index is 10.8. The molecule has 0 saturated heterocycles. The largest absolute Gasteiger partial charge is 0.493 e. The van der Waals surface area contributed by atoms with Crippen LogP contribution in [0.15, 0.2) is 18.2 Å². The van der Waals surface area contributed by atoms with Crippen LogP contribution in [0.2, 0.25) is 0 Å². The Morgan fingerprint density at radius 3 is 2.37 bits per heavy atom. The summed E-state index contributed by atoms with van der Waals surface area (Å²) >= 11 is 0. The predicted molar refractivity (Wildman–Crippen MR) is 72.1 cm³/mol. The summed E-state index contributed by atoms with van der Waals surface area (Å²) in [7, 11) is 1.47. The van der Waals surface area contributed by atoms with E-state index in [-0.39, 0.29) is 6.54 Å². The van der Waals surface area contributed by atoms with Gasteiger partial charge >= 0.3 is 12.0 Å². The number of carbonyl (C=O) groups is 2. The van der Waals surface area contributed by atoms with Crippen molar-refractivity contribution < 1.29 is 19.1 Å². The number of amides is 2. The summed E-state index contributed by atoms with van der Waals surface area (Å²) < 4.78 is 10.0. The van der Waals surface area contributed by atoms with Gasteiger partial charge in [-0.15, -0.1) is 0 Å². The summed E-state index contributed by atoms with van der Waals surface area (Å²) in [6.45, 7) is 5.59. The number of nitrogens with two attached hydrogens (primary N) is 1. The topological polar surface area (TPSA) is 90.7 Å². The Balaban J connectivity index is 0.00000154. The van der Waals surface area contributed by atoms with Crippen LogP contribution in [0.5, 0.6) is 11.5 Å². The quantitative estimate of drug-likeness (QED) is 0.643. The highest BCUT2D eigenvalue weighted by Gasteiger charge is 2.08. The first-order valence-electron chi connectivity index (χ1n) is 5.91. The van der Waals surface area contributed by atoms with Gasteiger partial charge in [0.1, 0.15) is 0 Å². The number of esters is 1. The lowest BCUT2D eigenvalue weighted by Crippen LogP contribution is -2.28. The zero-order valence-corrected chi connectivity index (χ0v) is 11.6. The zero-order chi connectivity index (χ0) is 14.8. The van der Waals surface area contributed by atoms with Gasteiger partial charge in [0.05, 0.1) is 7.11 Å². The van der Waals surface area contributed by atoms with E-state index < -0.39 is 12.0 Å². The molecule has 1 aromatic rings. The van der Waals surface area contributed by atoms with Crippen molar-refractivity contribution >= 4 is 12.0 Å². The molecule has 1 rings (SSSR count). The Kier molecular flexibility index (Phi) is 7.76. The van der Waals surface area contributed by atoms with Gasteiger partial charge in [-0.05, 0) is 17.7 Å². The lowest BCUT2D eigenvalue weighted by molar-refractivity contribution is -0.132. The number of ether oxygens (including phenoxy) is 2. The second-order valence-electron chi connectivity index (χ2n) is 3.30. The smallest absolute Gasteiger partial charge is 0.312 e. The van der Waals surface area contributed by atoms with Crippen LogP contribution in [-0.2, 0) is 11.3 Å². The standard InChI is InChI=1S/C11H14N2O4.C2H6/c1-7(14)17-9-4-3-8(5-10(9)16-2)6-13-11(12)15;1-2/h3-5H,6H2,1-2H3,(H3,12,13,15);1-2H3. The minimum atomic E-state index is -0.604. The third-order valence-electron chi connectivity index (χ3n) is 1.95. The number of carbonyl (C=O) groups excluding carboxylic acids is 2. The minimum absolute atomic E-state index is 0.284. The molecule has 0 atom stereocenters. The molecule has 0 aliphatic carbocycles. The number of hydrogen-bond acceptors (Lipinski definition) is 4. The van der Waals surface area contributed by atoms with Crippen LogP contribution in [0.4, 0.5) is 4.79 Å². The first-order valence-corrected chi connectivity index (χ1v) is 5.91. The lowest BCUT2D eigenvalue weighted by Gasteiger charge is -2.10. The molecule has 6 nitrogen and oxygen atoms in total. The second-order valence-corrected chi connectivity index (χ2v) is 3.30. The van der Waals surface area contributed by atoms with Crippen molar-refractivity contribution in [2.45, 2.75) is 27.3 Å². The number of rotatable bonds is 4. The summed E-state index contributed by atoms with van der Waals surface area (Å²) in [5.41, 5.74) is 5.74. The average Bonchev–Trinajstić information content (AvgIpc) is 2.39. The number of hydrogen-bond donors (Lipinski definition) is 2. The summed E-state index contributed by atoms with van der Waals surface area (Å²) in [6, 6.07) is 4.36. The van der Waals surface area contributed by atoms with Crippen LogP contribution in [0, 0.1) is 0 Å². The van der Waals surface area contributed by atoms with E-state index in [1.807, 2.05) is 13.8 Å². The van der Waals surface area contributed by atoms with Crippen LogP contribution in [0.25, 0.3) is 0 Å². The van der Waals surface area contributed by atoms with E-state index in [4.69, 9.17) is 15.2 Å². The zero-order valence-electron chi connectivity index (χ0n) is 11.6. The molecule has 0 aliphatic heterocycles.